The third-order valence-corrected chi connectivity index (χ3v) is 9.23. The summed E-state index contributed by atoms with van der Waals surface area (Å²) in [7, 11) is -3.59. The van der Waals surface area contributed by atoms with Crippen LogP contribution in [0, 0.1) is 5.92 Å². The molecule has 2 aliphatic rings. The smallest absolute Gasteiger partial charge is 0.243 e. The van der Waals surface area contributed by atoms with Gasteiger partial charge in [0.25, 0.3) is 0 Å². The van der Waals surface area contributed by atoms with E-state index < -0.39 is 10.0 Å². The Hall–Kier alpha value is -1.62. The standard InChI is InChI=1S/C24H33N3O4S2/c1-19-5-3-9-27(18-19)33(29,30)21-7-2-6-20(15-21)23(28)17-25-16-22(24-8-4-14-32-24)26-10-12-31-13-11-26/h2,4,6-8,14-15,19,22,25H,3,5,9-13,16-18H2,1H3. The van der Waals surface area contributed by atoms with Crippen molar-refractivity contribution in [2.75, 3.05) is 52.5 Å². The first kappa shape index (κ1) is 24.5. The molecule has 9 heteroatoms. The summed E-state index contributed by atoms with van der Waals surface area (Å²) in [5.74, 6) is 0.247. The number of nitrogens with zero attached hydrogens (tertiary/aromatic N) is 2. The average molecular weight is 492 g/mol. The van der Waals surface area contributed by atoms with Gasteiger partial charge in [-0.1, -0.05) is 25.1 Å². The molecule has 1 aromatic carbocycles. The zero-order valence-electron chi connectivity index (χ0n) is 19.1. The van der Waals surface area contributed by atoms with Crippen molar-refractivity contribution in [3.8, 4) is 0 Å². The van der Waals surface area contributed by atoms with Crippen LogP contribution in [-0.2, 0) is 14.8 Å². The van der Waals surface area contributed by atoms with Crippen molar-refractivity contribution < 1.29 is 17.9 Å². The molecule has 0 bridgehead atoms. The fourth-order valence-electron chi connectivity index (χ4n) is 4.55. The number of nitrogens with one attached hydrogen (secondary N) is 1. The maximum atomic E-state index is 13.1. The highest BCUT2D eigenvalue weighted by molar-refractivity contribution is 7.89. The van der Waals surface area contributed by atoms with Crippen molar-refractivity contribution >= 4 is 27.1 Å². The number of morpholine rings is 1. The molecule has 0 spiro atoms. The highest BCUT2D eigenvalue weighted by Gasteiger charge is 2.29. The molecule has 2 unspecified atom stereocenters. The van der Waals surface area contributed by atoms with Crippen molar-refractivity contribution in [3.05, 3.63) is 52.2 Å². The van der Waals surface area contributed by atoms with Gasteiger partial charge in [-0.2, -0.15) is 4.31 Å². The first-order valence-electron chi connectivity index (χ1n) is 11.6. The fourth-order valence-corrected chi connectivity index (χ4v) is 7.05. The Morgan fingerprint density at radius 1 is 1.21 bits per heavy atom. The maximum absolute atomic E-state index is 13.1. The summed E-state index contributed by atoms with van der Waals surface area (Å²) in [5, 5.41) is 5.38. The van der Waals surface area contributed by atoms with Crippen LogP contribution < -0.4 is 5.32 Å². The van der Waals surface area contributed by atoms with Crippen molar-refractivity contribution in [2.24, 2.45) is 5.92 Å². The Bertz CT molecular complexity index is 1020. The molecule has 3 heterocycles. The van der Waals surface area contributed by atoms with E-state index in [0.717, 1.165) is 39.1 Å². The normalized spacial score (nSPS) is 21.7. The predicted octanol–water partition coefficient (Wildman–Crippen LogP) is 3.01. The number of hydrogen-bond acceptors (Lipinski definition) is 7. The van der Waals surface area contributed by atoms with E-state index in [0.29, 0.717) is 31.1 Å². The number of rotatable bonds is 9. The zero-order valence-corrected chi connectivity index (χ0v) is 20.7. The molecule has 0 aliphatic carbocycles. The largest absolute Gasteiger partial charge is 0.379 e. The lowest BCUT2D eigenvalue weighted by Crippen LogP contribution is -2.43. The number of ketones is 1. The van der Waals surface area contributed by atoms with Crippen LogP contribution in [0.25, 0.3) is 0 Å². The molecular formula is C24H33N3O4S2. The number of hydrogen-bond donors (Lipinski definition) is 1. The van der Waals surface area contributed by atoms with E-state index in [9.17, 15) is 13.2 Å². The Morgan fingerprint density at radius 3 is 2.76 bits per heavy atom. The van der Waals surface area contributed by atoms with E-state index >= 15 is 0 Å². The number of ether oxygens (including phenoxy) is 1. The molecule has 0 radical (unpaired) electrons. The van der Waals surface area contributed by atoms with Crippen LogP contribution in [0.3, 0.4) is 0 Å². The van der Waals surface area contributed by atoms with Crippen molar-refractivity contribution in [1.29, 1.82) is 0 Å². The van der Waals surface area contributed by atoms with Crippen LogP contribution in [0.4, 0.5) is 0 Å². The SMILES string of the molecule is CC1CCCN(S(=O)(=O)c2cccc(C(=O)CNCC(c3cccs3)N3CCOCC3)c2)C1. The lowest BCUT2D eigenvalue weighted by atomic mass is 10.0. The summed E-state index contributed by atoms with van der Waals surface area (Å²) in [6, 6.07) is 10.8. The molecule has 2 fully saturated rings. The lowest BCUT2D eigenvalue weighted by Gasteiger charge is -2.34. The predicted molar refractivity (Wildman–Crippen MR) is 130 cm³/mol. The lowest BCUT2D eigenvalue weighted by molar-refractivity contribution is 0.0169. The van der Waals surface area contributed by atoms with Gasteiger partial charge in [0, 0.05) is 43.2 Å². The summed E-state index contributed by atoms with van der Waals surface area (Å²) >= 11 is 1.72. The van der Waals surface area contributed by atoms with Gasteiger partial charge in [0.15, 0.2) is 5.78 Å². The second-order valence-electron chi connectivity index (χ2n) is 8.87. The van der Waals surface area contributed by atoms with Crippen molar-refractivity contribution in [3.63, 3.8) is 0 Å². The topological polar surface area (TPSA) is 79.0 Å². The molecule has 2 saturated heterocycles. The highest BCUT2D eigenvalue weighted by atomic mass is 32.2. The van der Waals surface area contributed by atoms with Gasteiger partial charge in [-0.25, -0.2) is 8.42 Å². The zero-order chi connectivity index (χ0) is 23.3. The molecular weight excluding hydrogens is 458 g/mol. The molecule has 2 atom stereocenters. The second kappa shape index (κ2) is 11.2. The van der Waals surface area contributed by atoms with Gasteiger partial charge >= 0.3 is 0 Å². The van der Waals surface area contributed by atoms with E-state index in [2.05, 4.69) is 28.6 Å². The highest BCUT2D eigenvalue weighted by Crippen LogP contribution is 2.26. The van der Waals surface area contributed by atoms with Gasteiger partial charge in [-0.3, -0.25) is 9.69 Å². The first-order chi connectivity index (χ1) is 15.9. The molecule has 2 aromatic rings. The number of thiophene rings is 1. The third-order valence-electron chi connectivity index (χ3n) is 6.39. The molecule has 7 nitrogen and oxygen atoms in total. The van der Waals surface area contributed by atoms with Gasteiger partial charge in [0.05, 0.1) is 30.7 Å². The molecule has 0 saturated carbocycles. The van der Waals surface area contributed by atoms with Crippen LogP contribution in [-0.4, -0.2) is 75.9 Å². The first-order valence-corrected chi connectivity index (χ1v) is 14.0. The van der Waals surface area contributed by atoms with Crippen LogP contribution in [0.1, 0.15) is 41.0 Å². The third kappa shape index (κ3) is 6.09. The summed E-state index contributed by atoms with van der Waals surface area (Å²) in [4.78, 5) is 16.7. The summed E-state index contributed by atoms with van der Waals surface area (Å²) in [5.41, 5.74) is 0.424. The minimum atomic E-state index is -3.59. The molecule has 33 heavy (non-hydrogen) atoms. The quantitative estimate of drug-likeness (QED) is 0.544. The Labute approximate surface area is 200 Å². The fraction of sp³-hybridized carbons (Fsp3) is 0.542. The Morgan fingerprint density at radius 2 is 2.03 bits per heavy atom. The maximum Gasteiger partial charge on any atom is 0.243 e. The molecule has 0 amide bonds. The van der Waals surface area contributed by atoms with Gasteiger partial charge in [-0.05, 0) is 42.3 Å². The summed E-state index contributed by atoms with van der Waals surface area (Å²) in [6.45, 7) is 7.14. The number of sulfonamides is 1. The monoisotopic (exact) mass is 491 g/mol. The average Bonchev–Trinajstić information content (AvgIpc) is 3.37. The van der Waals surface area contributed by atoms with E-state index in [1.807, 2.05) is 6.07 Å². The summed E-state index contributed by atoms with van der Waals surface area (Å²) in [6.07, 6.45) is 1.92. The van der Waals surface area contributed by atoms with E-state index in [-0.39, 0.29) is 23.3 Å². The van der Waals surface area contributed by atoms with Crippen LogP contribution in [0.5, 0.6) is 0 Å². The Balaban J connectivity index is 1.39. The van der Waals surface area contributed by atoms with Gasteiger partial charge in [0.2, 0.25) is 10.0 Å². The number of carbonyl (C=O) groups is 1. The van der Waals surface area contributed by atoms with Gasteiger partial charge < -0.3 is 10.1 Å². The van der Waals surface area contributed by atoms with E-state index in [4.69, 9.17) is 4.74 Å². The van der Waals surface area contributed by atoms with Crippen molar-refractivity contribution in [2.45, 2.75) is 30.7 Å². The second-order valence-corrected chi connectivity index (χ2v) is 11.8. The molecule has 180 valence electrons. The number of carbonyl (C=O) groups excluding carboxylic acids is 1. The van der Waals surface area contributed by atoms with Crippen LogP contribution in [0.2, 0.25) is 0 Å². The minimum Gasteiger partial charge on any atom is -0.379 e. The van der Waals surface area contributed by atoms with Gasteiger partial charge in [0.1, 0.15) is 0 Å². The molecule has 2 aliphatic heterocycles. The van der Waals surface area contributed by atoms with Gasteiger partial charge in [-0.15, -0.1) is 11.3 Å². The van der Waals surface area contributed by atoms with Crippen LogP contribution >= 0.6 is 11.3 Å². The number of benzene rings is 1. The molecule has 1 aromatic heterocycles. The minimum absolute atomic E-state index is 0.106. The summed E-state index contributed by atoms with van der Waals surface area (Å²) < 4.78 is 33.2. The molecule has 1 N–H and O–H groups in total. The van der Waals surface area contributed by atoms with E-state index in [1.54, 1.807) is 33.8 Å². The Kier molecular flexibility index (Phi) is 8.32. The van der Waals surface area contributed by atoms with E-state index in [1.165, 1.54) is 10.9 Å². The van der Waals surface area contributed by atoms with Crippen molar-refractivity contribution in [1.82, 2.24) is 14.5 Å². The van der Waals surface area contributed by atoms with Crippen LogP contribution in [0.15, 0.2) is 46.7 Å². The molecule has 4 rings (SSSR count). The number of piperidine rings is 1. The number of Topliss-reactive ketones (excluding diaryl/α,β-unsaturated/α-hetero) is 1.